The van der Waals surface area contributed by atoms with Gasteiger partial charge in [0.25, 0.3) is 11.7 Å². The van der Waals surface area contributed by atoms with E-state index in [0.717, 1.165) is 22.6 Å². The Bertz CT molecular complexity index is 1490. The lowest BCUT2D eigenvalue weighted by Crippen LogP contribution is -2.29. The van der Waals surface area contributed by atoms with E-state index >= 15 is 0 Å². The molecule has 3 aromatic carbocycles. The second-order valence-corrected chi connectivity index (χ2v) is 10.4. The van der Waals surface area contributed by atoms with E-state index in [1.807, 2.05) is 32.9 Å². The quantitative estimate of drug-likeness (QED) is 0.219. The fraction of sp³-hybridized carbons (Fsp3) is 0.290. The number of rotatable bonds is 6. The molecule has 8 heteroatoms. The van der Waals surface area contributed by atoms with Crippen LogP contribution in [0.1, 0.15) is 56.0 Å². The first-order valence-corrected chi connectivity index (χ1v) is 12.6. The van der Waals surface area contributed by atoms with Crippen molar-refractivity contribution in [1.29, 1.82) is 0 Å². The minimum Gasteiger partial charge on any atom is -0.507 e. The number of aryl methyl sites for hydroxylation is 1. The van der Waals surface area contributed by atoms with E-state index in [0.29, 0.717) is 34.8 Å². The number of hydrogen-bond donors (Lipinski definition) is 1. The summed E-state index contributed by atoms with van der Waals surface area (Å²) in [4.78, 5) is 28.0. The molecule has 0 bridgehead atoms. The molecule has 0 spiro atoms. The smallest absolute Gasteiger partial charge is 0.300 e. The van der Waals surface area contributed by atoms with Crippen molar-refractivity contribution in [3.05, 3.63) is 94.1 Å². The maximum Gasteiger partial charge on any atom is 0.300 e. The van der Waals surface area contributed by atoms with Gasteiger partial charge in [-0.15, -0.1) is 0 Å². The molecular formula is C31H31F2NO5. The number of carbonyl (C=O) groups is 2. The number of Topliss-reactive ketones (excluding diaryl/α,β-unsaturated/α-hetero) is 1. The van der Waals surface area contributed by atoms with Crippen molar-refractivity contribution in [2.75, 3.05) is 18.6 Å². The van der Waals surface area contributed by atoms with Crippen LogP contribution in [0.25, 0.3) is 5.76 Å². The molecule has 1 amide bonds. The van der Waals surface area contributed by atoms with Gasteiger partial charge >= 0.3 is 0 Å². The molecule has 1 heterocycles. The SMILES string of the molecule is CCOc1cc(C2/C(=C(\O)c3cc(C(C)(C)C)ccc3C)C(=O)C(=O)N2c2ccc(F)c(F)c2)ccc1OC. The van der Waals surface area contributed by atoms with Gasteiger partial charge in [-0.05, 0) is 66.3 Å². The average molecular weight is 536 g/mol. The fourth-order valence-electron chi connectivity index (χ4n) is 4.67. The van der Waals surface area contributed by atoms with Crippen LogP contribution in [0.4, 0.5) is 14.5 Å². The molecule has 204 valence electrons. The molecule has 1 aliphatic rings. The Balaban J connectivity index is 2.02. The summed E-state index contributed by atoms with van der Waals surface area (Å²) in [7, 11) is 1.48. The van der Waals surface area contributed by atoms with E-state index in [1.165, 1.54) is 13.2 Å². The van der Waals surface area contributed by atoms with E-state index in [4.69, 9.17) is 9.47 Å². The number of benzene rings is 3. The molecule has 1 fully saturated rings. The monoisotopic (exact) mass is 535 g/mol. The van der Waals surface area contributed by atoms with Gasteiger partial charge in [0.1, 0.15) is 5.76 Å². The normalized spacial score (nSPS) is 17.0. The standard InChI is InChI=1S/C31H31F2NO5/c1-7-39-25-14-18(9-13-24(25)38-6)27-26(28(35)21-15-19(31(3,4)5)10-8-17(21)2)29(36)30(37)34(27)20-11-12-22(32)23(33)16-20/h8-16,27,35H,7H2,1-6H3/b28-26+. The molecule has 1 N–H and O–H groups in total. The summed E-state index contributed by atoms with van der Waals surface area (Å²) in [6.45, 7) is 9.98. The number of carbonyl (C=O) groups excluding carboxylic acids is 2. The van der Waals surface area contributed by atoms with Gasteiger partial charge in [-0.1, -0.05) is 39.0 Å². The van der Waals surface area contributed by atoms with Crippen LogP contribution in [0.15, 0.2) is 60.2 Å². The third-order valence-corrected chi connectivity index (χ3v) is 6.79. The molecule has 39 heavy (non-hydrogen) atoms. The third-order valence-electron chi connectivity index (χ3n) is 6.79. The number of aliphatic hydroxyl groups is 1. The average Bonchev–Trinajstić information content (AvgIpc) is 3.15. The zero-order chi connectivity index (χ0) is 28.6. The van der Waals surface area contributed by atoms with Crippen LogP contribution in [0.5, 0.6) is 11.5 Å². The number of aliphatic hydroxyl groups excluding tert-OH is 1. The largest absolute Gasteiger partial charge is 0.507 e. The van der Waals surface area contributed by atoms with Crippen molar-refractivity contribution < 1.29 is 33.0 Å². The van der Waals surface area contributed by atoms with E-state index in [9.17, 15) is 23.5 Å². The highest BCUT2D eigenvalue weighted by Crippen LogP contribution is 2.45. The van der Waals surface area contributed by atoms with Crippen molar-refractivity contribution in [2.45, 2.75) is 46.1 Å². The summed E-state index contributed by atoms with van der Waals surface area (Å²) in [5.74, 6) is -3.77. The van der Waals surface area contributed by atoms with Crippen LogP contribution in [-0.2, 0) is 15.0 Å². The van der Waals surface area contributed by atoms with Gasteiger partial charge in [0, 0.05) is 17.3 Å². The van der Waals surface area contributed by atoms with E-state index in [2.05, 4.69) is 0 Å². The van der Waals surface area contributed by atoms with Gasteiger partial charge in [-0.3, -0.25) is 14.5 Å². The van der Waals surface area contributed by atoms with Gasteiger partial charge in [-0.25, -0.2) is 8.78 Å². The molecule has 6 nitrogen and oxygen atoms in total. The number of nitrogens with zero attached hydrogens (tertiary/aromatic N) is 1. The summed E-state index contributed by atoms with van der Waals surface area (Å²) in [6, 6.07) is 12.3. The van der Waals surface area contributed by atoms with Crippen LogP contribution < -0.4 is 14.4 Å². The van der Waals surface area contributed by atoms with Crippen LogP contribution >= 0.6 is 0 Å². The first-order valence-electron chi connectivity index (χ1n) is 12.6. The molecule has 4 rings (SSSR count). The van der Waals surface area contributed by atoms with Crippen molar-refractivity contribution in [3.63, 3.8) is 0 Å². The topological polar surface area (TPSA) is 76.1 Å². The Morgan fingerprint density at radius 2 is 1.69 bits per heavy atom. The van der Waals surface area contributed by atoms with Crippen molar-refractivity contribution in [1.82, 2.24) is 0 Å². The lowest BCUT2D eigenvalue weighted by Gasteiger charge is -2.26. The van der Waals surface area contributed by atoms with Crippen molar-refractivity contribution >= 4 is 23.1 Å². The first kappa shape index (κ1) is 27.8. The minimum atomic E-state index is -1.17. The highest BCUT2D eigenvalue weighted by atomic mass is 19.2. The zero-order valence-electron chi connectivity index (χ0n) is 22.8. The molecule has 1 atom stereocenters. The number of halogens is 2. The molecule has 0 saturated carbocycles. The highest BCUT2D eigenvalue weighted by molar-refractivity contribution is 6.51. The lowest BCUT2D eigenvalue weighted by atomic mass is 9.84. The summed E-state index contributed by atoms with van der Waals surface area (Å²) >= 11 is 0. The number of anilines is 1. The predicted octanol–water partition coefficient (Wildman–Crippen LogP) is 6.60. The summed E-state index contributed by atoms with van der Waals surface area (Å²) in [5.41, 5.74) is 1.97. The van der Waals surface area contributed by atoms with Crippen LogP contribution in [0, 0.1) is 18.6 Å². The van der Waals surface area contributed by atoms with E-state index in [-0.39, 0.29) is 22.4 Å². The Morgan fingerprint density at radius 3 is 2.31 bits per heavy atom. The Kier molecular flexibility index (Phi) is 7.50. The van der Waals surface area contributed by atoms with Gasteiger partial charge < -0.3 is 14.6 Å². The van der Waals surface area contributed by atoms with Crippen molar-refractivity contribution in [3.8, 4) is 11.5 Å². The highest BCUT2D eigenvalue weighted by Gasteiger charge is 2.47. The maximum atomic E-state index is 14.3. The number of methoxy groups -OCH3 is 1. The molecule has 0 radical (unpaired) electrons. The second kappa shape index (κ2) is 10.5. The molecule has 1 aliphatic heterocycles. The predicted molar refractivity (Wildman–Crippen MR) is 145 cm³/mol. The molecule has 3 aromatic rings. The lowest BCUT2D eigenvalue weighted by molar-refractivity contribution is -0.132. The molecule has 1 saturated heterocycles. The summed E-state index contributed by atoms with van der Waals surface area (Å²) < 4.78 is 39.1. The summed E-state index contributed by atoms with van der Waals surface area (Å²) in [5, 5.41) is 11.6. The van der Waals surface area contributed by atoms with E-state index < -0.39 is 29.4 Å². The van der Waals surface area contributed by atoms with Crippen molar-refractivity contribution in [2.24, 2.45) is 0 Å². The van der Waals surface area contributed by atoms with Gasteiger partial charge in [0.05, 0.1) is 25.3 Å². The minimum absolute atomic E-state index is 0.0333. The molecule has 0 aliphatic carbocycles. The van der Waals surface area contributed by atoms with Crippen LogP contribution in [0.3, 0.4) is 0 Å². The van der Waals surface area contributed by atoms with Gasteiger partial charge in [0.2, 0.25) is 0 Å². The first-order chi connectivity index (χ1) is 18.4. The maximum absolute atomic E-state index is 14.3. The Hall–Kier alpha value is -4.20. The third kappa shape index (κ3) is 5.11. The number of ketones is 1. The second-order valence-electron chi connectivity index (χ2n) is 10.4. The van der Waals surface area contributed by atoms with Crippen LogP contribution in [0.2, 0.25) is 0 Å². The fourth-order valence-corrected chi connectivity index (χ4v) is 4.67. The molecule has 0 aromatic heterocycles. The molecule has 1 unspecified atom stereocenters. The Labute approximate surface area is 226 Å². The number of hydrogen-bond acceptors (Lipinski definition) is 5. The number of ether oxygens (including phenoxy) is 2. The van der Waals surface area contributed by atoms with Gasteiger partial charge in [0.15, 0.2) is 23.1 Å². The van der Waals surface area contributed by atoms with Gasteiger partial charge in [-0.2, -0.15) is 0 Å². The Morgan fingerprint density at radius 1 is 0.974 bits per heavy atom. The molecular weight excluding hydrogens is 504 g/mol. The van der Waals surface area contributed by atoms with Crippen LogP contribution in [-0.4, -0.2) is 30.5 Å². The zero-order valence-corrected chi connectivity index (χ0v) is 22.8. The number of amides is 1. The van der Waals surface area contributed by atoms with E-state index in [1.54, 1.807) is 38.1 Å². The summed E-state index contributed by atoms with van der Waals surface area (Å²) in [6.07, 6.45) is 0.